The van der Waals surface area contributed by atoms with Crippen molar-refractivity contribution in [3.05, 3.63) is 41.5 Å². The summed E-state index contributed by atoms with van der Waals surface area (Å²) in [4.78, 5) is 31.4. The van der Waals surface area contributed by atoms with Crippen molar-refractivity contribution in [3.8, 4) is 0 Å². The Morgan fingerprint density at radius 1 is 0.929 bits per heavy atom. The Balaban J connectivity index is 0.000000367. The first-order valence-electron chi connectivity index (χ1n) is 13.3. The molecule has 0 radical (unpaired) electrons. The molecule has 236 valence electrons. The highest BCUT2D eigenvalue weighted by atomic mass is 19.4. The average Bonchev–Trinajstić information content (AvgIpc) is 3.58. The molecule has 1 spiro atoms. The van der Waals surface area contributed by atoms with Crippen LogP contribution in [0.4, 0.5) is 26.3 Å². The molecule has 2 aliphatic carbocycles. The Labute approximate surface area is 239 Å². The second-order valence-corrected chi connectivity index (χ2v) is 11.6. The van der Waals surface area contributed by atoms with Gasteiger partial charge in [0.15, 0.2) is 0 Å². The fourth-order valence-corrected chi connectivity index (χ4v) is 5.33. The second-order valence-electron chi connectivity index (χ2n) is 11.6. The van der Waals surface area contributed by atoms with Crippen LogP contribution in [0.1, 0.15) is 52.0 Å². The maximum atomic E-state index is 11.3. The molecule has 2 atom stereocenters. The van der Waals surface area contributed by atoms with Crippen molar-refractivity contribution in [2.24, 2.45) is 16.7 Å². The van der Waals surface area contributed by atoms with E-state index in [1.807, 2.05) is 13.8 Å². The molecule has 3 aliphatic rings. The Bertz CT molecular complexity index is 1100. The highest BCUT2D eigenvalue weighted by Gasteiger charge is 2.54. The first-order chi connectivity index (χ1) is 19.2. The molecule has 0 unspecified atom stereocenters. The summed E-state index contributed by atoms with van der Waals surface area (Å²) < 4.78 is 63.5. The van der Waals surface area contributed by atoms with E-state index >= 15 is 0 Å². The van der Waals surface area contributed by atoms with Crippen LogP contribution in [0.2, 0.25) is 0 Å². The van der Waals surface area contributed by atoms with Crippen molar-refractivity contribution in [2.45, 2.75) is 70.9 Å². The van der Waals surface area contributed by atoms with Gasteiger partial charge >= 0.3 is 30.3 Å². The number of rotatable bonds is 8. The van der Waals surface area contributed by atoms with Gasteiger partial charge in [-0.3, -0.25) is 4.79 Å². The van der Waals surface area contributed by atoms with Crippen LogP contribution in [0.3, 0.4) is 0 Å². The Morgan fingerprint density at radius 2 is 1.40 bits per heavy atom. The summed E-state index contributed by atoms with van der Waals surface area (Å²) in [6, 6.07) is 12.0. The summed E-state index contributed by atoms with van der Waals surface area (Å²) in [6.07, 6.45) is -2.88. The van der Waals surface area contributed by atoms with Crippen LogP contribution >= 0.6 is 0 Å². The van der Waals surface area contributed by atoms with Gasteiger partial charge in [-0.15, -0.1) is 0 Å². The van der Waals surface area contributed by atoms with Gasteiger partial charge < -0.3 is 25.5 Å². The highest BCUT2D eigenvalue weighted by molar-refractivity contribution is 5.74. The summed E-state index contributed by atoms with van der Waals surface area (Å²) in [5.74, 6) is -5.51. The zero-order valence-electron chi connectivity index (χ0n) is 23.4. The molecule has 3 fully saturated rings. The third-order valence-corrected chi connectivity index (χ3v) is 7.44. The minimum absolute atomic E-state index is 0.462. The maximum absolute atomic E-state index is 11.3. The summed E-state index contributed by atoms with van der Waals surface area (Å²) in [5, 5.41) is 27.4. The number of likely N-dealkylation sites (tertiary alicyclic amines) is 1. The number of hydrogen-bond acceptors (Lipinski definition) is 5. The van der Waals surface area contributed by atoms with Gasteiger partial charge in [-0.1, -0.05) is 48.9 Å². The first kappa shape index (κ1) is 35.1. The maximum Gasteiger partial charge on any atom is 0.490 e. The zero-order valence-corrected chi connectivity index (χ0v) is 23.4. The predicted octanol–water partition coefficient (Wildman–Crippen LogP) is 5.30. The third kappa shape index (κ3) is 10.3. The summed E-state index contributed by atoms with van der Waals surface area (Å²) in [6.45, 7) is 8.73. The fourth-order valence-electron chi connectivity index (χ4n) is 5.33. The largest absolute Gasteiger partial charge is 0.490 e. The topological polar surface area (TPSA) is 127 Å². The van der Waals surface area contributed by atoms with Crippen LogP contribution in [0.15, 0.2) is 35.9 Å². The van der Waals surface area contributed by atoms with Crippen LogP contribution < -0.4 is 5.32 Å². The quantitative estimate of drug-likeness (QED) is 0.292. The molecular formula is C28H36F6N2O6. The van der Waals surface area contributed by atoms with E-state index in [-0.39, 0.29) is 0 Å². The predicted molar refractivity (Wildman–Crippen MR) is 140 cm³/mol. The van der Waals surface area contributed by atoms with Gasteiger partial charge in [0, 0.05) is 31.7 Å². The highest BCUT2D eigenvalue weighted by Crippen LogP contribution is 2.50. The minimum Gasteiger partial charge on any atom is -0.481 e. The number of nitrogens with zero attached hydrogens (tertiary/aromatic N) is 1. The number of carbonyl (C=O) groups is 3. The lowest BCUT2D eigenvalue weighted by Crippen LogP contribution is -2.67. The van der Waals surface area contributed by atoms with E-state index in [0.29, 0.717) is 30.0 Å². The van der Waals surface area contributed by atoms with Crippen molar-refractivity contribution < 1.29 is 56.0 Å². The SMILES string of the molecule is CC/C(=C\c1ccccc1)[C@@H]1C[C@H]1NC1CC2(C1)CN(CC(C)(C)C(=O)O)C2.O=C(O)C(F)(F)F.O=C(O)C(F)(F)F. The Morgan fingerprint density at radius 3 is 1.81 bits per heavy atom. The van der Waals surface area contributed by atoms with Gasteiger partial charge in [0.25, 0.3) is 0 Å². The fraction of sp³-hybridized carbons (Fsp3) is 0.607. The molecule has 2 saturated carbocycles. The number of nitrogens with one attached hydrogen (secondary N) is 1. The van der Waals surface area contributed by atoms with Crippen molar-refractivity contribution in [1.29, 1.82) is 0 Å². The van der Waals surface area contributed by atoms with E-state index < -0.39 is 35.7 Å². The van der Waals surface area contributed by atoms with Gasteiger partial charge in [-0.25, -0.2) is 9.59 Å². The monoisotopic (exact) mass is 610 g/mol. The van der Waals surface area contributed by atoms with Crippen LogP contribution in [0.5, 0.6) is 0 Å². The lowest BCUT2D eigenvalue weighted by molar-refractivity contribution is -0.193. The van der Waals surface area contributed by atoms with Gasteiger partial charge in [-0.05, 0) is 56.4 Å². The first-order valence-corrected chi connectivity index (χ1v) is 13.3. The molecule has 14 heteroatoms. The molecule has 1 aromatic carbocycles. The number of halogens is 6. The van der Waals surface area contributed by atoms with Crippen LogP contribution in [0, 0.1) is 16.7 Å². The van der Waals surface area contributed by atoms with Gasteiger partial charge in [-0.2, -0.15) is 26.3 Å². The van der Waals surface area contributed by atoms with E-state index in [9.17, 15) is 36.2 Å². The lowest BCUT2D eigenvalue weighted by atomic mass is 9.60. The van der Waals surface area contributed by atoms with Gasteiger partial charge in [0.2, 0.25) is 0 Å². The molecule has 4 N–H and O–H groups in total. The molecule has 0 amide bonds. The van der Waals surface area contributed by atoms with E-state index in [1.165, 1.54) is 24.8 Å². The summed E-state index contributed by atoms with van der Waals surface area (Å²) in [5.41, 5.74) is 2.70. The Kier molecular flexibility index (Phi) is 11.2. The normalized spacial score (nSPS) is 22.0. The summed E-state index contributed by atoms with van der Waals surface area (Å²) >= 11 is 0. The smallest absolute Gasteiger partial charge is 0.481 e. The van der Waals surface area contributed by atoms with Crippen molar-refractivity contribution >= 4 is 24.0 Å². The van der Waals surface area contributed by atoms with E-state index in [1.54, 1.807) is 5.57 Å². The molecule has 1 aliphatic heterocycles. The number of aliphatic carboxylic acids is 3. The molecule has 1 heterocycles. The van der Waals surface area contributed by atoms with Crippen molar-refractivity contribution in [1.82, 2.24) is 10.2 Å². The molecule has 8 nitrogen and oxygen atoms in total. The molecular weight excluding hydrogens is 574 g/mol. The standard InChI is InChI=1S/C24H34N2O2.2C2HF3O2/c1-4-18(10-17-8-6-5-7-9-17)20-11-21(20)25-19-12-24(13-19)15-26(16-24)14-23(2,3)22(27)28;2*3-2(4,5)1(6)7/h5-10,19-21,25H,4,11-16H2,1-3H3,(H,27,28);2*(H,6,7)/b18-10+;;/t20-,21+;;/m0../s1. The van der Waals surface area contributed by atoms with Crippen LogP contribution in [-0.4, -0.2) is 82.2 Å². The molecule has 42 heavy (non-hydrogen) atoms. The van der Waals surface area contributed by atoms with Gasteiger partial charge in [0.05, 0.1) is 5.41 Å². The second kappa shape index (κ2) is 13.4. The zero-order chi connectivity index (χ0) is 32.1. The number of alkyl halides is 6. The van der Waals surface area contributed by atoms with Crippen molar-refractivity contribution in [3.63, 3.8) is 0 Å². The number of carboxylic acids is 3. The molecule has 1 saturated heterocycles. The van der Waals surface area contributed by atoms with E-state index in [0.717, 1.165) is 19.5 Å². The van der Waals surface area contributed by atoms with E-state index in [2.05, 4.69) is 53.5 Å². The van der Waals surface area contributed by atoms with E-state index in [4.69, 9.17) is 19.8 Å². The van der Waals surface area contributed by atoms with Crippen LogP contribution in [0.25, 0.3) is 6.08 Å². The van der Waals surface area contributed by atoms with Gasteiger partial charge in [0.1, 0.15) is 0 Å². The number of carboxylic acid groups (broad SMARTS) is 3. The molecule has 1 aromatic rings. The minimum atomic E-state index is -5.08. The number of benzene rings is 1. The van der Waals surface area contributed by atoms with Crippen molar-refractivity contribution in [2.75, 3.05) is 19.6 Å². The van der Waals surface area contributed by atoms with Crippen LogP contribution in [-0.2, 0) is 14.4 Å². The summed E-state index contributed by atoms with van der Waals surface area (Å²) in [7, 11) is 0. The molecule has 0 aromatic heterocycles. The molecule has 0 bridgehead atoms. The lowest BCUT2D eigenvalue weighted by Gasteiger charge is -2.60. The number of hydrogen-bond donors (Lipinski definition) is 4. The molecule has 4 rings (SSSR count). The Hall–Kier alpha value is -3.13. The average molecular weight is 611 g/mol. The third-order valence-electron chi connectivity index (χ3n) is 7.44.